The van der Waals surface area contributed by atoms with E-state index in [2.05, 4.69) is 0 Å². The van der Waals surface area contributed by atoms with Crippen LogP contribution in [0.3, 0.4) is 0 Å². The molecule has 0 aromatic heterocycles. The SMILES string of the molecule is COC(=O)c1ccccc1-c1ccccc1C.O=C(O)O. The average molecular weight is 288 g/mol. The molecule has 0 heterocycles. The lowest BCUT2D eigenvalue weighted by atomic mass is 9.96. The second kappa shape index (κ2) is 7.69. The van der Waals surface area contributed by atoms with Crippen molar-refractivity contribution in [3.63, 3.8) is 0 Å². The molecule has 0 amide bonds. The second-order valence-corrected chi connectivity index (χ2v) is 4.13. The van der Waals surface area contributed by atoms with Crippen molar-refractivity contribution in [2.45, 2.75) is 6.92 Å². The van der Waals surface area contributed by atoms with Crippen LogP contribution in [-0.2, 0) is 4.74 Å². The van der Waals surface area contributed by atoms with Crippen molar-refractivity contribution in [3.8, 4) is 11.1 Å². The van der Waals surface area contributed by atoms with Gasteiger partial charge in [0.05, 0.1) is 12.7 Å². The van der Waals surface area contributed by atoms with E-state index in [0.717, 1.165) is 16.7 Å². The van der Waals surface area contributed by atoms with Gasteiger partial charge in [-0.15, -0.1) is 0 Å². The van der Waals surface area contributed by atoms with E-state index < -0.39 is 6.16 Å². The molecule has 21 heavy (non-hydrogen) atoms. The van der Waals surface area contributed by atoms with E-state index in [9.17, 15) is 4.79 Å². The molecule has 0 aliphatic heterocycles. The highest BCUT2D eigenvalue weighted by molar-refractivity contribution is 5.97. The Morgan fingerprint density at radius 3 is 1.90 bits per heavy atom. The van der Waals surface area contributed by atoms with Crippen LogP contribution in [0.5, 0.6) is 0 Å². The fraction of sp³-hybridized carbons (Fsp3) is 0.125. The number of carboxylic acid groups (broad SMARTS) is 2. The molecule has 2 rings (SSSR count). The number of esters is 1. The quantitative estimate of drug-likeness (QED) is 0.824. The summed E-state index contributed by atoms with van der Waals surface area (Å²) in [7, 11) is 1.40. The minimum atomic E-state index is -1.83. The third kappa shape index (κ3) is 4.65. The van der Waals surface area contributed by atoms with Crippen LogP contribution in [0.15, 0.2) is 48.5 Å². The smallest absolute Gasteiger partial charge is 0.465 e. The molecule has 0 unspecified atom stereocenters. The van der Waals surface area contributed by atoms with Gasteiger partial charge in [-0.05, 0) is 29.7 Å². The minimum absolute atomic E-state index is 0.302. The van der Waals surface area contributed by atoms with Crippen LogP contribution in [0.2, 0.25) is 0 Å². The van der Waals surface area contributed by atoms with Gasteiger partial charge < -0.3 is 14.9 Å². The molecule has 0 fully saturated rings. The van der Waals surface area contributed by atoms with Gasteiger partial charge in [-0.25, -0.2) is 9.59 Å². The largest absolute Gasteiger partial charge is 0.503 e. The van der Waals surface area contributed by atoms with Crippen molar-refractivity contribution < 1.29 is 24.5 Å². The highest BCUT2D eigenvalue weighted by Gasteiger charge is 2.13. The first-order chi connectivity index (χ1) is 9.97. The Hall–Kier alpha value is -2.82. The van der Waals surface area contributed by atoms with E-state index in [-0.39, 0.29) is 5.97 Å². The molecule has 2 N–H and O–H groups in total. The van der Waals surface area contributed by atoms with Crippen LogP contribution in [0.1, 0.15) is 15.9 Å². The molecule has 0 bridgehead atoms. The van der Waals surface area contributed by atoms with E-state index in [1.165, 1.54) is 7.11 Å². The first-order valence-electron chi connectivity index (χ1n) is 6.12. The van der Waals surface area contributed by atoms with Crippen LogP contribution in [-0.4, -0.2) is 29.4 Å². The molecule has 0 aliphatic rings. The number of ether oxygens (including phenoxy) is 1. The zero-order valence-electron chi connectivity index (χ0n) is 11.7. The van der Waals surface area contributed by atoms with Gasteiger partial charge in [0.1, 0.15) is 0 Å². The molecule has 0 saturated heterocycles. The van der Waals surface area contributed by atoms with Crippen molar-refractivity contribution in [1.29, 1.82) is 0 Å². The van der Waals surface area contributed by atoms with E-state index in [4.69, 9.17) is 19.7 Å². The van der Waals surface area contributed by atoms with Gasteiger partial charge in [-0.1, -0.05) is 42.5 Å². The van der Waals surface area contributed by atoms with E-state index in [0.29, 0.717) is 5.56 Å². The summed E-state index contributed by atoms with van der Waals surface area (Å²) in [5.41, 5.74) is 3.72. The fourth-order valence-corrected chi connectivity index (χ4v) is 1.88. The third-order valence-electron chi connectivity index (χ3n) is 2.77. The van der Waals surface area contributed by atoms with Crippen LogP contribution >= 0.6 is 0 Å². The van der Waals surface area contributed by atoms with Crippen molar-refractivity contribution in [2.75, 3.05) is 7.11 Å². The van der Waals surface area contributed by atoms with E-state index in [1.54, 1.807) is 6.07 Å². The summed E-state index contributed by atoms with van der Waals surface area (Å²) in [4.78, 5) is 20.3. The number of carbonyl (C=O) groups is 2. The van der Waals surface area contributed by atoms with Gasteiger partial charge in [-0.3, -0.25) is 0 Å². The van der Waals surface area contributed by atoms with Crippen molar-refractivity contribution in [3.05, 3.63) is 59.7 Å². The van der Waals surface area contributed by atoms with Crippen molar-refractivity contribution in [2.24, 2.45) is 0 Å². The van der Waals surface area contributed by atoms with Gasteiger partial charge in [0.25, 0.3) is 0 Å². The zero-order chi connectivity index (χ0) is 15.8. The Kier molecular flexibility index (Phi) is 5.95. The normalized spacial score (nSPS) is 9.24. The van der Waals surface area contributed by atoms with E-state index in [1.807, 2.05) is 49.4 Å². The number of benzene rings is 2. The van der Waals surface area contributed by atoms with Crippen molar-refractivity contribution in [1.82, 2.24) is 0 Å². The summed E-state index contributed by atoms with van der Waals surface area (Å²) >= 11 is 0. The highest BCUT2D eigenvalue weighted by atomic mass is 16.6. The summed E-state index contributed by atoms with van der Waals surface area (Å²) in [5, 5.41) is 13.9. The highest BCUT2D eigenvalue weighted by Crippen LogP contribution is 2.26. The summed E-state index contributed by atoms with van der Waals surface area (Å²) in [6.07, 6.45) is -1.83. The molecule has 5 heteroatoms. The molecular formula is C16H16O5. The number of rotatable bonds is 2. The number of hydrogen-bond acceptors (Lipinski definition) is 3. The lowest BCUT2D eigenvalue weighted by molar-refractivity contribution is 0.0601. The molecule has 2 aromatic rings. The van der Waals surface area contributed by atoms with Gasteiger partial charge in [0.2, 0.25) is 0 Å². The lowest BCUT2D eigenvalue weighted by Crippen LogP contribution is -2.03. The molecule has 0 saturated carbocycles. The Morgan fingerprint density at radius 1 is 0.905 bits per heavy atom. The summed E-state index contributed by atoms with van der Waals surface area (Å²) in [6, 6.07) is 15.5. The van der Waals surface area contributed by atoms with Gasteiger partial charge in [0, 0.05) is 0 Å². The van der Waals surface area contributed by atoms with Gasteiger partial charge in [0.15, 0.2) is 0 Å². The van der Waals surface area contributed by atoms with Crippen LogP contribution in [0.25, 0.3) is 11.1 Å². The average Bonchev–Trinajstić information content (AvgIpc) is 2.46. The standard InChI is InChI=1S/C15H14O2.CH2O3/c1-11-7-3-4-8-12(11)13-9-5-6-10-14(13)15(16)17-2;2-1(3)4/h3-10H,1-2H3;(H2,2,3,4). The number of hydrogen-bond donors (Lipinski definition) is 2. The molecule has 0 atom stereocenters. The van der Waals surface area contributed by atoms with E-state index >= 15 is 0 Å². The predicted octanol–water partition coefficient (Wildman–Crippen LogP) is 3.67. The molecule has 2 aromatic carbocycles. The monoisotopic (exact) mass is 288 g/mol. The Morgan fingerprint density at radius 2 is 1.38 bits per heavy atom. The molecule has 0 spiro atoms. The van der Waals surface area contributed by atoms with Gasteiger partial charge >= 0.3 is 12.1 Å². The molecule has 0 radical (unpaired) electrons. The molecule has 5 nitrogen and oxygen atoms in total. The van der Waals surface area contributed by atoms with Crippen LogP contribution in [0.4, 0.5) is 4.79 Å². The summed E-state index contributed by atoms with van der Waals surface area (Å²) < 4.78 is 4.80. The van der Waals surface area contributed by atoms with Crippen LogP contribution < -0.4 is 0 Å². The van der Waals surface area contributed by atoms with Crippen molar-refractivity contribution >= 4 is 12.1 Å². The predicted molar refractivity (Wildman–Crippen MR) is 78.6 cm³/mol. The number of methoxy groups -OCH3 is 1. The summed E-state index contributed by atoms with van der Waals surface area (Å²) in [5.74, 6) is -0.302. The lowest BCUT2D eigenvalue weighted by Gasteiger charge is -2.10. The maximum Gasteiger partial charge on any atom is 0.503 e. The Bertz CT molecular complexity index is 630. The molecule has 0 aliphatic carbocycles. The molecule has 110 valence electrons. The topological polar surface area (TPSA) is 83.8 Å². The fourth-order valence-electron chi connectivity index (χ4n) is 1.88. The first-order valence-corrected chi connectivity index (χ1v) is 6.12. The Balaban J connectivity index is 0.000000491. The maximum absolute atomic E-state index is 11.7. The van der Waals surface area contributed by atoms with Crippen LogP contribution in [0, 0.1) is 6.92 Å². The number of aryl methyl sites for hydroxylation is 1. The maximum atomic E-state index is 11.7. The first kappa shape index (κ1) is 16.2. The number of carbonyl (C=O) groups excluding carboxylic acids is 1. The second-order valence-electron chi connectivity index (χ2n) is 4.13. The minimum Gasteiger partial charge on any atom is -0.465 e. The third-order valence-corrected chi connectivity index (χ3v) is 2.77. The Labute approximate surface area is 122 Å². The zero-order valence-corrected chi connectivity index (χ0v) is 11.7. The summed E-state index contributed by atoms with van der Waals surface area (Å²) in [6.45, 7) is 2.03. The van der Waals surface area contributed by atoms with Gasteiger partial charge in [-0.2, -0.15) is 0 Å². The molecular weight excluding hydrogens is 272 g/mol.